The number of fused-ring (bicyclic) bond motifs is 1. The number of aryl methyl sites for hydroxylation is 1. The first-order valence-electron chi connectivity index (χ1n) is 9.92. The van der Waals surface area contributed by atoms with Crippen molar-refractivity contribution >= 4 is 38.4 Å². The Labute approximate surface area is 181 Å². The zero-order chi connectivity index (χ0) is 21.3. The minimum atomic E-state index is -3.65. The van der Waals surface area contributed by atoms with Gasteiger partial charge >= 0.3 is 0 Å². The minimum Gasteiger partial charge on any atom is -0.352 e. The quantitative estimate of drug-likeness (QED) is 0.652. The summed E-state index contributed by atoms with van der Waals surface area (Å²) in [6.45, 7) is 1.02. The molecule has 1 fully saturated rings. The van der Waals surface area contributed by atoms with Gasteiger partial charge in [0.2, 0.25) is 15.9 Å². The van der Waals surface area contributed by atoms with E-state index in [0.29, 0.717) is 31.0 Å². The monoisotopic (exact) mass is 445 g/mol. The number of sulfonamides is 1. The van der Waals surface area contributed by atoms with Crippen LogP contribution < -0.4 is 5.32 Å². The summed E-state index contributed by atoms with van der Waals surface area (Å²) in [5, 5.41) is 4.45. The zero-order valence-corrected chi connectivity index (χ0v) is 18.3. The molecular weight excluding hydrogens is 422 g/mol. The Bertz CT molecular complexity index is 1170. The highest BCUT2D eigenvalue weighted by Crippen LogP contribution is 2.26. The van der Waals surface area contributed by atoms with E-state index in [1.165, 1.54) is 4.31 Å². The molecule has 0 bridgehead atoms. The Kier molecular flexibility index (Phi) is 5.86. The molecule has 0 saturated carbocycles. The van der Waals surface area contributed by atoms with Crippen molar-refractivity contribution in [3.63, 3.8) is 0 Å². The number of carbonyl (C=O) groups excluding carboxylic acids is 1. The van der Waals surface area contributed by atoms with Crippen molar-refractivity contribution in [1.82, 2.24) is 14.2 Å². The number of nitrogens with one attached hydrogen (secondary N) is 1. The normalized spacial score (nSPS) is 17.9. The number of amides is 1. The molecule has 1 aliphatic rings. The van der Waals surface area contributed by atoms with Gasteiger partial charge in [0.05, 0.1) is 10.8 Å². The summed E-state index contributed by atoms with van der Waals surface area (Å²) >= 11 is 5.89. The molecule has 1 aliphatic heterocycles. The van der Waals surface area contributed by atoms with Crippen LogP contribution in [0.25, 0.3) is 10.9 Å². The van der Waals surface area contributed by atoms with Crippen molar-refractivity contribution in [1.29, 1.82) is 0 Å². The van der Waals surface area contributed by atoms with Gasteiger partial charge in [-0.05, 0) is 54.8 Å². The van der Waals surface area contributed by atoms with Crippen LogP contribution in [0, 0.1) is 5.92 Å². The third-order valence-corrected chi connectivity index (χ3v) is 7.74. The fourth-order valence-electron chi connectivity index (χ4n) is 3.88. The van der Waals surface area contributed by atoms with Gasteiger partial charge in [-0.25, -0.2) is 8.42 Å². The molecular formula is C22H24ClN3O3S. The van der Waals surface area contributed by atoms with Crippen LogP contribution in [0.1, 0.15) is 18.4 Å². The Morgan fingerprint density at radius 1 is 1.17 bits per heavy atom. The van der Waals surface area contributed by atoms with E-state index >= 15 is 0 Å². The molecule has 4 rings (SSSR count). The number of benzene rings is 2. The predicted octanol–water partition coefficient (Wildman–Crippen LogP) is 3.55. The highest BCUT2D eigenvalue weighted by molar-refractivity contribution is 7.89. The molecule has 1 amide bonds. The Morgan fingerprint density at radius 3 is 2.70 bits per heavy atom. The van der Waals surface area contributed by atoms with E-state index in [2.05, 4.69) is 5.32 Å². The number of carbonyl (C=O) groups is 1. The highest BCUT2D eigenvalue weighted by atomic mass is 35.5. The molecule has 0 spiro atoms. The summed E-state index contributed by atoms with van der Waals surface area (Å²) in [5.74, 6) is -0.482. The van der Waals surface area contributed by atoms with Crippen molar-refractivity contribution in [2.24, 2.45) is 13.0 Å². The van der Waals surface area contributed by atoms with Gasteiger partial charge < -0.3 is 9.88 Å². The van der Waals surface area contributed by atoms with Gasteiger partial charge in [0.1, 0.15) is 0 Å². The van der Waals surface area contributed by atoms with Crippen molar-refractivity contribution in [3.05, 3.63) is 65.3 Å². The molecule has 2 heterocycles. The first kappa shape index (κ1) is 20.9. The summed E-state index contributed by atoms with van der Waals surface area (Å²) in [6.07, 6.45) is 3.24. The third kappa shape index (κ3) is 4.24. The summed E-state index contributed by atoms with van der Waals surface area (Å²) in [4.78, 5) is 12.9. The molecule has 1 N–H and O–H groups in total. The number of piperidine rings is 1. The predicted molar refractivity (Wildman–Crippen MR) is 118 cm³/mol. The molecule has 1 aromatic heterocycles. The van der Waals surface area contributed by atoms with E-state index in [1.807, 2.05) is 42.1 Å². The Hall–Kier alpha value is -2.35. The van der Waals surface area contributed by atoms with Crippen LogP contribution >= 0.6 is 11.6 Å². The van der Waals surface area contributed by atoms with E-state index in [9.17, 15) is 13.2 Å². The highest BCUT2D eigenvalue weighted by Gasteiger charge is 2.33. The molecule has 8 heteroatoms. The second-order valence-electron chi connectivity index (χ2n) is 7.69. The smallest absolute Gasteiger partial charge is 0.243 e. The van der Waals surface area contributed by atoms with Gasteiger partial charge in [0, 0.05) is 48.8 Å². The van der Waals surface area contributed by atoms with Crippen molar-refractivity contribution in [3.8, 4) is 0 Å². The maximum absolute atomic E-state index is 13.2. The Morgan fingerprint density at radius 2 is 1.93 bits per heavy atom. The van der Waals surface area contributed by atoms with Gasteiger partial charge in [0.25, 0.3) is 0 Å². The van der Waals surface area contributed by atoms with E-state index in [4.69, 9.17) is 11.6 Å². The molecule has 6 nitrogen and oxygen atoms in total. The number of nitrogens with zero attached hydrogens (tertiary/aromatic N) is 2. The molecule has 0 aliphatic carbocycles. The van der Waals surface area contributed by atoms with Crippen LogP contribution in [0.3, 0.4) is 0 Å². The van der Waals surface area contributed by atoms with Crippen LogP contribution in [0.15, 0.2) is 59.6 Å². The lowest BCUT2D eigenvalue weighted by molar-refractivity contribution is -0.126. The van der Waals surface area contributed by atoms with Crippen LogP contribution in [0.2, 0.25) is 5.02 Å². The first-order chi connectivity index (χ1) is 14.3. The maximum atomic E-state index is 13.2. The molecule has 0 unspecified atom stereocenters. The fourth-order valence-corrected chi connectivity index (χ4v) is 5.57. The summed E-state index contributed by atoms with van der Waals surface area (Å²) in [5.41, 5.74) is 1.93. The van der Waals surface area contributed by atoms with Crippen molar-refractivity contribution in [2.45, 2.75) is 24.3 Å². The molecule has 2 aromatic carbocycles. The number of aromatic nitrogens is 1. The van der Waals surface area contributed by atoms with Gasteiger partial charge in [-0.2, -0.15) is 4.31 Å². The van der Waals surface area contributed by atoms with E-state index < -0.39 is 10.0 Å². The van der Waals surface area contributed by atoms with E-state index in [-0.39, 0.29) is 23.3 Å². The van der Waals surface area contributed by atoms with Gasteiger partial charge in [-0.3, -0.25) is 4.79 Å². The van der Waals surface area contributed by atoms with Crippen LogP contribution in [-0.2, 0) is 28.4 Å². The van der Waals surface area contributed by atoms with Crippen LogP contribution in [0.5, 0.6) is 0 Å². The van der Waals surface area contributed by atoms with Gasteiger partial charge in [-0.1, -0.05) is 23.7 Å². The van der Waals surface area contributed by atoms with Crippen molar-refractivity contribution in [2.75, 3.05) is 13.1 Å². The SMILES string of the molecule is Cn1ccc2cc(S(=O)(=O)N3CCC[C@H](C(=O)NCc4ccc(Cl)cc4)C3)ccc21. The standard InChI is InChI=1S/C22H24ClN3O3S/c1-25-12-10-17-13-20(8-9-21(17)25)30(28,29)26-11-2-3-18(15-26)22(27)24-14-16-4-6-19(23)7-5-16/h4-10,12-13,18H,2-3,11,14-15H2,1H3,(H,24,27)/t18-/m0/s1. The second kappa shape index (κ2) is 8.41. The van der Waals surface area contributed by atoms with Crippen molar-refractivity contribution < 1.29 is 13.2 Å². The molecule has 30 heavy (non-hydrogen) atoms. The van der Waals surface area contributed by atoms with Gasteiger partial charge in [-0.15, -0.1) is 0 Å². The van der Waals surface area contributed by atoms with E-state index in [0.717, 1.165) is 16.5 Å². The zero-order valence-electron chi connectivity index (χ0n) is 16.7. The molecule has 3 aromatic rings. The first-order valence-corrected chi connectivity index (χ1v) is 11.7. The summed E-state index contributed by atoms with van der Waals surface area (Å²) < 4.78 is 29.8. The summed E-state index contributed by atoms with van der Waals surface area (Å²) in [7, 11) is -1.73. The second-order valence-corrected chi connectivity index (χ2v) is 10.1. The molecule has 158 valence electrons. The lowest BCUT2D eigenvalue weighted by Crippen LogP contribution is -2.45. The molecule has 1 atom stereocenters. The average Bonchev–Trinajstić information content (AvgIpc) is 3.13. The topological polar surface area (TPSA) is 71.4 Å². The minimum absolute atomic E-state index is 0.122. The number of halogens is 1. The Balaban J connectivity index is 1.45. The molecule has 1 saturated heterocycles. The lowest BCUT2D eigenvalue weighted by atomic mass is 9.99. The average molecular weight is 446 g/mol. The number of hydrogen-bond acceptors (Lipinski definition) is 3. The third-order valence-electron chi connectivity index (χ3n) is 5.63. The van der Waals surface area contributed by atoms with Crippen LogP contribution in [-0.4, -0.2) is 36.3 Å². The molecule has 0 radical (unpaired) electrons. The largest absolute Gasteiger partial charge is 0.352 e. The maximum Gasteiger partial charge on any atom is 0.243 e. The number of hydrogen-bond donors (Lipinski definition) is 1. The van der Waals surface area contributed by atoms with Crippen LogP contribution in [0.4, 0.5) is 0 Å². The van der Waals surface area contributed by atoms with Gasteiger partial charge in [0.15, 0.2) is 0 Å². The fraction of sp³-hybridized carbons (Fsp3) is 0.318. The summed E-state index contributed by atoms with van der Waals surface area (Å²) in [6, 6.07) is 14.3. The van der Waals surface area contributed by atoms with E-state index in [1.54, 1.807) is 24.3 Å². The number of rotatable bonds is 5. The lowest BCUT2D eigenvalue weighted by Gasteiger charge is -2.31.